The monoisotopic (exact) mass is 252 g/mol. The molecule has 4 nitrogen and oxygen atoms in total. The molecule has 1 fully saturated rings. The number of nitrogens with one attached hydrogen (secondary N) is 1. The quantitative estimate of drug-likeness (QED) is 0.643. The predicted molar refractivity (Wildman–Crippen MR) is 68.0 cm³/mol. The Labute approximate surface area is 105 Å². The molecule has 0 amide bonds. The van der Waals surface area contributed by atoms with E-state index in [1.54, 1.807) is 6.07 Å². The summed E-state index contributed by atoms with van der Waals surface area (Å²) in [5.41, 5.74) is 0.0316. The van der Waals surface area contributed by atoms with E-state index in [9.17, 15) is 14.5 Å². The number of hydrogen-bond acceptors (Lipinski definition) is 3. The van der Waals surface area contributed by atoms with Gasteiger partial charge in [0.05, 0.1) is 4.92 Å². The lowest BCUT2D eigenvalue weighted by Crippen LogP contribution is -2.21. The maximum Gasteiger partial charge on any atom is 0.327 e. The van der Waals surface area contributed by atoms with Crippen LogP contribution in [0.3, 0.4) is 0 Å². The number of anilines is 1. The van der Waals surface area contributed by atoms with E-state index in [4.69, 9.17) is 0 Å². The second-order valence-electron chi connectivity index (χ2n) is 5.26. The van der Waals surface area contributed by atoms with E-state index < -0.39 is 16.4 Å². The average molecular weight is 252 g/mol. The first-order valence-corrected chi connectivity index (χ1v) is 6.13. The molecule has 1 N–H and O–H groups in total. The first-order valence-electron chi connectivity index (χ1n) is 6.13. The van der Waals surface area contributed by atoms with Crippen LogP contribution in [0.5, 0.6) is 0 Å². The SMILES string of the molecule is CC(C)C1(CNc2cccc(F)c2[N+](=O)[O-])CC1. The fourth-order valence-corrected chi connectivity index (χ4v) is 2.23. The predicted octanol–water partition coefficient (Wildman–Crippen LogP) is 3.58. The Morgan fingerprint density at radius 3 is 2.67 bits per heavy atom. The second-order valence-corrected chi connectivity index (χ2v) is 5.26. The lowest BCUT2D eigenvalue weighted by molar-refractivity contribution is -0.386. The van der Waals surface area contributed by atoms with Gasteiger partial charge in [0.1, 0.15) is 5.69 Å². The van der Waals surface area contributed by atoms with E-state index >= 15 is 0 Å². The number of rotatable bonds is 5. The molecule has 18 heavy (non-hydrogen) atoms. The van der Waals surface area contributed by atoms with Crippen molar-refractivity contribution in [2.24, 2.45) is 11.3 Å². The molecule has 0 saturated heterocycles. The fourth-order valence-electron chi connectivity index (χ4n) is 2.23. The summed E-state index contributed by atoms with van der Waals surface area (Å²) < 4.78 is 13.4. The molecule has 0 spiro atoms. The molecule has 2 rings (SSSR count). The molecule has 1 aliphatic carbocycles. The van der Waals surface area contributed by atoms with Gasteiger partial charge in [-0.15, -0.1) is 0 Å². The number of nitro benzene ring substituents is 1. The maximum absolute atomic E-state index is 13.4. The Morgan fingerprint density at radius 1 is 1.50 bits per heavy atom. The summed E-state index contributed by atoms with van der Waals surface area (Å²) >= 11 is 0. The largest absolute Gasteiger partial charge is 0.379 e. The van der Waals surface area contributed by atoms with Crippen LogP contribution in [0.4, 0.5) is 15.8 Å². The van der Waals surface area contributed by atoms with Gasteiger partial charge in [0.2, 0.25) is 5.82 Å². The highest BCUT2D eigenvalue weighted by Gasteiger charge is 2.45. The van der Waals surface area contributed by atoms with E-state index in [1.165, 1.54) is 6.07 Å². The molecule has 98 valence electrons. The smallest absolute Gasteiger partial charge is 0.327 e. The van der Waals surface area contributed by atoms with Crippen molar-refractivity contribution >= 4 is 11.4 Å². The van der Waals surface area contributed by atoms with E-state index in [0.717, 1.165) is 18.9 Å². The van der Waals surface area contributed by atoms with Crippen LogP contribution in [0.15, 0.2) is 18.2 Å². The molecule has 0 heterocycles. The van der Waals surface area contributed by atoms with Crippen LogP contribution in [-0.4, -0.2) is 11.5 Å². The van der Waals surface area contributed by atoms with E-state index in [1.807, 2.05) is 0 Å². The third-order valence-corrected chi connectivity index (χ3v) is 3.92. The Hall–Kier alpha value is -1.65. The van der Waals surface area contributed by atoms with Crippen molar-refractivity contribution in [3.63, 3.8) is 0 Å². The van der Waals surface area contributed by atoms with Gasteiger partial charge in [0, 0.05) is 6.54 Å². The molecule has 0 unspecified atom stereocenters. The number of para-hydroxylation sites is 1. The highest BCUT2D eigenvalue weighted by Crippen LogP contribution is 2.51. The van der Waals surface area contributed by atoms with Crippen LogP contribution in [0.1, 0.15) is 26.7 Å². The topological polar surface area (TPSA) is 55.2 Å². The van der Waals surface area contributed by atoms with E-state index in [-0.39, 0.29) is 11.1 Å². The number of nitrogens with zero attached hydrogens (tertiary/aromatic N) is 1. The summed E-state index contributed by atoms with van der Waals surface area (Å²) in [5, 5.41) is 13.9. The molecular formula is C13H17FN2O2. The van der Waals surface area contributed by atoms with Gasteiger partial charge in [-0.2, -0.15) is 4.39 Å². The fraction of sp³-hybridized carbons (Fsp3) is 0.538. The number of benzene rings is 1. The Bertz CT molecular complexity index is 470. The van der Waals surface area contributed by atoms with Crippen molar-refractivity contribution in [3.8, 4) is 0 Å². The van der Waals surface area contributed by atoms with Crippen molar-refractivity contribution in [1.29, 1.82) is 0 Å². The van der Waals surface area contributed by atoms with Gasteiger partial charge in [-0.05, 0) is 36.3 Å². The van der Waals surface area contributed by atoms with Crippen LogP contribution < -0.4 is 5.32 Å². The minimum Gasteiger partial charge on any atom is -0.379 e. The van der Waals surface area contributed by atoms with Crippen LogP contribution in [0, 0.1) is 27.3 Å². The maximum atomic E-state index is 13.4. The Morgan fingerprint density at radius 2 is 2.17 bits per heavy atom. The summed E-state index contributed by atoms with van der Waals surface area (Å²) in [5.74, 6) is -0.267. The average Bonchev–Trinajstić information content (AvgIpc) is 3.06. The summed E-state index contributed by atoms with van der Waals surface area (Å²) in [4.78, 5) is 10.2. The number of halogens is 1. The molecule has 1 aromatic rings. The van der Waals surface area contributed by atoms with E-state index in [2.05, 4.69) is 19.2 Å². The molecule has 0 atom stereocenters. The third-order valence-electron chi connectivity index (χ3n) is 3.92. The zero-order valence-corrected chi connectivity index (χ0v) is 10.6. The van der Waals surface area contributed by atoms with Crippen molar-refractivity contribution in [2.45, 2.75) is 26.7 Å². The Kier molecular flexibility index (Phi) is 3.24. The van der Waals surface area contributed by atoms with Crippen LogP contribution in [0.2, 0.25) is 0 Å². The van der Waals surface area contributed by atoms with Gasteiger partial charge < -0.3 is 5.32 Å². The van der Waals surface area contributed by atoms with Crippen LogP contribution in [-0.2, 0) is 0 Å². The van der Waals surface area contributed by atoms with E-state index in [0.29, 0.717) is 12.5 Å². The van der Waals surface area contributed by atoms with Gasteiger partial charge in [-0.1, -0.05) is 19.9 Å². The van der Waals surface area contributed by atoms with Gasteiger partial charge in [0.15, 0.2) is 0 Å². The molecule has 1 saturated carbocycles. The highest BCUT2D eigenvalue weighted by molar-refractivity contribution is 5.62. The zero-order chi connectivity index (χ0) is 13.3. The van der Waals surface area contributed by atoms with Crippen molar-refractivity contribution in [1.82, 2.24) is 0 Å². The molecule has 1 aliphatic rings. The first-order chi connectivity index (χ1) is 8.46. The van der Waals surface area contributed by atoms with Gasteiger partial charge in [-0.25, -0.2) is 0 Å². The second kappa shape index (κ2) is 4.55. The summed E-state index contributed by atoms with van der Waals surface area (Å²) in [6, 6.07) is 4.15. The van der Waals surface area contributed by atoms with Gasteiger partial charge in [-0.3, -0.25) is 10.1 Å². The standard InChI is InChI=1S/C13H17FN2O2/c1-9(2)13(6-7-13)8-15-11-5-3-4-10(14)12(11)16(17)18/h3-5,9,15H,6-8H2,1-2H3. The lowest BCUT2D eigenvalue weighted by atomic mass is 9.92. The molecule has 0 aromatic heterocycles. The van der Waals surface area contributed by atoms with Crippen LogP contribution in [0.25, 0.3) is 0 Å². The van der Waals surface area contributed by atoms with Crippen molar-refractivity contribution < 1.29 is 9.31 Å². The Balaban J connectivity index is 2.15. The molecule has 5 heteroatoms. The van der Waals surface area contributed by atoms with Gasteiger partial charge in [0.25, 0.3) is 0 Å². The van der Waals surface area contributed by atoms with Crippen molar-refractivity contribution in [3.05, 3.63) is 34.1 Å². The molecule has 0 aliphatic heterocycles. The highest BCUT2D eigenvalue weighted by atomic mass is 19.1. The number of hydrogen-bond donors (Lipinski definition) is 1. The lowest BCUT2D eigenvalue weighted by Gasteiger charge is -2.20. The third kappa shape index (κ3) is 2.30. The minimum atomic E-state index is -0.792. The van der Waals surface area contributed by atoms with Gasteiger partial charge >= 0.3 is 5.69 Å². The molecule has 0 radical (unpaired) electrons. The summed E-state index contributed by atoms with van der Waals surface area (Å²) in [7, 11) is 0. The summed E-state index contributed by atoms with van der Waals surface area (Å²) in [6.45, 7) is 4.96. The first kappa shape index (κ1) is 12.8. The normalized spacial score (nSPS) is 16.7. The molecular weight excluding hydrogens is 235 g/mol. The minimum absolute atomic E-state index is 0.222. The summed E-state index contributed by atoms with van der Waals surface area (Å²) in [6.07, 6.45) is 2.25. The molecule has 1 aromatic carbocycles. The van der Waals surface area contributed by atoms with Crippen molar-refractivity contribution in [2.75, 3.05) is 11.9 Å². The number of nitro groups is 1. The van der Waals surface area contributed by atoms with Crippen LogP contribution >= 0.6 is 0 Å². The molecule has 0 bridgehead atoms. The zero-order valence-electron chi connectivity index (χ0n) is 10.6.